The Bertz CT molecular complexity index is 2770. The number of aromatic amines is 2. The van der Waals surface area contributed by atoms with Gasteiger partial charge >= 0.3 is 6.03 Å². The number of fused-ring (bicyclic) bond motifs is 5. The normalized spacial score (nSPS) is 25.3. The summed E-state index contributed by atoms with van der Waals surface area (Å²) in [7, 11) is 0. The number of rotatable bonds is 10. The molecular weight excluding hydrogens is 853 g/mol. The molecule has 2 aromatic heterocycles. The number of imidazole rings is 1. The fourth-order valence-corrected chi connectivity index (χ4v) is 8.85. The Hall–Kier alpha value is -8.14. The molecule has 22 nitrogen and oxygen atoms in total. The van der Waals surface area contributed by atoms with Crippen LogP contribution in [0.5, 0.6) is 0 Å². The van der Waals surface area contributed by atoms with Gasteiger partial charge in [0, 0.05) is 67.8 Å². The Balaban J connectivity index is 1.27. The largest absolute Gasteiger partial charge is 0.370 e. The minimum atomic E-state index is -2.31. The number of guanidine groups is 1. The number of ketones is 1. The van der Waals surface area contributed by atoms with Gasteiger partial charge in [0.25, 0.3) is 5.91 Å². The number of para-hydroxylation sites is 1. The molecule has 8 rings (SSSR count). The smallest absolute Gasteiger partial charge is 0.325 e. The van der Waals surface area contributed by atoms with Crippen LogP contribution in [0, 0.1) is 0 Å². The van der Waals surface area contributed by atoms with Crippen LogP contribution in [0.2, 0.25) is 0 Å². The summed E-state index contributed by atoms with van der Waals surface area (Å²) >= 11 is 0. The van der Waals surface area contributed by atoms with Gasteiger partial charge in [-0.1, -0.05) is 60.7 Å². The molecule has 2 bridgehead atoms. The van der Waals surface area contributed by atoms with Crippen LogP contribution in [0.15, 0.2) is 90.4 Å². The van der Waals surface area contributed by atoms with Crippen LogP contribution in [0.1, 0.15) is 29.7 Å². The highest BCUT2D eigenvalue weighted by atomic mass is 16.2. The number of urea groups is 1. The molecule has 0 spiro atoms. The van der Waals surface area contributed by atoms with Crippen LogP contribution in [-0.2, 0) is 52.8 Å². The second-order valence-corrected chi connectivity index (χ2v) is 16.5. The van der Waals surface area contributed by atoms with Crippen LogP contribution in [0.3, 0.4) is 0 Å². The Morgan fingerprint density at radius 2 is 1.50 bits per heavy atom. The molecule has 342 valence electrons. The van der Waals surface area contributed by atoms with Crippen molar-refractivity contribution in [3.63, 3.8) is 0 Å². The highest BCUT2D eigenvalue weighted by Crippen LogP contribution is 2.28. The molecule has 3 aliphatic rings. The Morgan fingerprint density at radius 3 is 2.26 bits per heavy atom. The number of amides is 8. The first kappa shape index (κ1) is 44.5. The number of imide groups is 1. The van der Waals surface area contributed by atoms with E-state index in [9.17, 15) is 24.0 Å². The highest BCUT2D eigenvalue weighted by molar-refractivity contribution is 6.11. The third-order valence-electron chi connectivity index (χ3n) is 12.3. The summed E-state index contributed by atoms with van der Waals surface area (Å²) in [5.74, 6) is -6.98. The van der Waals surface area contributed by atoms with Crippen molar-refractivity contribution in [1.82, 2.24) is 51.8 Å². The predicted molar refractivity (Wildman–Crippen MR) is 237 cm³/mol. The fraction of sp³-hybridized carbons (Fsp3) is 0.318. The van der Waals surface area contributed by atoms with Gasteiger partial charge in [-0.15, -0.1) is 0 Å². The SMILES string of the molecule is NC(=O)[C@@H]1CNC2(CCN=C(N)N)C(=O)C[C@@H]3NC(=O)N(C3=O)[C@@H](Cc3cnc[nH]3)C(=O)N[C@H](Cc3ccc4ccccc4c3)C(=O)N[C@@H]2C(=O)N[C@@H](Cc2c[nH]c3ccccc23)C(=O)N1. The van der Waals surface area contributed by atoms with Gasteiger partial charge in [-0.2, -0.15) is 0 Å². The number of nitrogens with one attached hydrogen (secondary N) is 8. The average molecular weight is 901 g/mol. The highest BCUT2D eigenvalue weighted by Gasteiger charge is 2.54. The van der Waals surface area contributed by atoms with Gasteiger partial charge in [-0.05, 0) is 34.4 Å². The molecule has 0 saturated carbocycles. The molecule has 66 heavy (non-hydrogen) atoms. The molecule has 5 heterocycles. The molecule has 3 fully saturated rings. The predicted octanol–water partition coefficient (Wildman–Crippen LogP) is -2.24. The van der Waals surface area contributed by atoms with Gasteiger partial charge in [0.1, 0.15) is 41.8 Å². The van der Waals surface area contributed by atoms with Gasteiger partial charge in [-0.3, -0.25) is 38.6 Å². The van der Waals surface area contributed by atoms with Gasteiger partial charge in [0.2, 0.25) is 29.5 Å². The molecule has 14 N–H and O–H groups in total. The van der Waals surface area contributed by atoms with Crippen molar-refractivity contribution in [2.24, 2.45) is 22.2 Å². The first-order valence-corrected chi connectivity index (χ1v) is 21.2. The van der Waals surface area contributed by atoms with Crippen molar-refractivity contribution in [2.45, 2.75) is 73.9 Å². The lowest BCUT2D eigenvalue weighted by Gasteiger charge is -2.42. The molecule has 22 heteroatoms. The summed E-state index contributed by atoms with van der Waals surface area (Å²) in [4.78, 5) is 130. The quantitative estimate of drug-likeness (QED) is 0.0403. The van der Waals surface area contributed by atoms with Crippen molar-refractivity contribution >= 4 is 74.9 Å². The molecule has 5 aromatic rings. The van der Waals surface area contributed by atoms with Gasteiger partial charge in [-0.25, -0.2) is 14.7 Å². The monoisotopic (exact) mass is 900 g/mol. The maximum atomic E-state index is 15.3. The van der Waals surface area contributed by atoms with E-state index in [4.69, 9.17) is 17.2 Å². The Morgan fingerprint density at radius 1 is 0.773 bits per heavy atom. The zero-order valence-corrected chi connectivity index (χ0v) is 35.3. The standard InChI is InChI=1S/C44H48N14O8/c45-36(60)32-20-52-44(11-12-49-42(46)47)34(59)17-31-41(65)58(43(66)56-31)33(16-26-19-48-21-51-26)39(63)53-29(14-22-9-10-23-5-1-2-6-24(23)13-22)38(62)57-35(44)40(64)54-30(37(61)55-32)15-25-18-50-28-8-4-3-7-27(25)28/h1-10,13,18-19,21,29-33,35,50,52H,11-12,14-17,20H2,(H2,45,60)(H,48,51)(H,53,63)(H,54,64)(H,55,61)(H,56,66)(H,57,62)(H4,46,47,49)/t29-,30+,31+,32+,33+,35-,44?/m1/s1. The van der Waals surface area contributed by atoms with Crippen LogP contribution in [-0.4, -0.2) is 128 Å². The van der Waals surface area contributed by atoms with Crippen LogP contribution in [0.4, 0.5) is 4.79 Å². The van der Waals surface area contributed by atoms with Crippen molar-refractivity contribution in [3.8, 4) is 0 Å². The molecule has 0 radical (unpaired) electrons. The lowest BCUT2D eigenvalue weighted by atomic mass is 9.78. The number of nitrogens with zero attached hydrogens (tertiary/aromatic N) is 3. The molecule has 7 atom stereocenters. The fourth-order valence-electron chi connectivity index (χ4n) is 8.85. The van der Waals surface area contributed by atoms with Crippen molar-refractivity contribution in [1.29, 1.82) is 0 Å². The number of hydrogen-bond donors (Lipinski definition) is 11. The molecule has 0 aliphatic carbocycles. The molecule has 8 amide bonds. The third kappa shape index (κ3) is 9.11. The van der Waals surface area contributed by atoms with E-state index in [1.54, 1.807) is 18.3 Å². The second kappa shape index (κ2) is 18.5. The Labute approximate surface area is 375 Å². The van der Waals surface area contributed by atoms with E-state index in [-0.39, 0.29) is 31.8 Å². The summed E-state index contributed by atoms with van der Waals surface area (Å²) in [6.45, 7) is -0.928. The lowest BCUT2D eigenvalue weighted by molar-refractivity contribution is -0.141. The molecular formula is C44H48N14O8. The van der Waals surface area contributed by atoms with E-state index in [1.165, 1.54) is 12.5 Å². The van der Waals surface area contributed by atoms with E-state index in [2.05, 4.69) is 51.8 Å². The zero-order chi connectivity index (χ0) is 46.7. The maximum Gasteiger partial charge on any atom is 0.325 e. The van der Waals surface area contributed by atoms with Crippen LogP contribution >= 0.6 is 0 Å². The van der Waals surface area contributed by atoms with Gasteiger partial charge < -0.3 is 59.1 Å². The van der Waals surface area contributed by atoms with E-state index in [0.29, 0.717) is 21.7 Å². The summed E-state index contributed by atoms with van der Waals surface area (Å²) in [6.07, 6.45) is 2.60. The number of carbonyl (C=O) groups is 8. The summed E-state index contributed by atoms with van der Waals surface area (Å²) in [5, 5.41) is 18.7. The lowest BCUT2D eigenvalue weighted by Crippen LogP contribution is -2.74. The minimum Gasteiger partial charge on any atom is -0.370 e. The number of aliphatic imine (C=N–C) groups is 1. The van der Waals surface area contributed by atoms with Crippen molar-refractivity contribution in [3.05, 3.63) is 102 Å². The van der Waals surface area contributed by atoms with E-state index in [0.717, 1.165) is 21.7 Å². The van der Waals surface area contributed by atoms with Crippen LogP contribution < -0.4 is 49.1 Å². The molecule has 3 aromatic carbocycles. The van der Waals surface area contributed by atoms with Crippen molar-refractivity contribution in [2.75, 3.05) is 13.1 Å². The van der Waals surface area contributed by atoms with Gasteiger partial charge in [0.05, 0.1) is 6.33 Å². The first-order valence-electron chi connectivity index (χ1n) is 21.2. The van der Waals surface area contributed by atoms with Crippen LogP contribution in [0.25, 0.3) is 21.7 Å². The number of H-pyrrole nitrogens is 2. The number of carbonyl (C=O) groups excluding carboxylic acids is 8. The van der Waals surface area contributed by atoms with E-state index in [1.807, 2.05) is 54.6 Å². The molecule has 3 aliphatic heterocycles. The maximum absolute atomic E-state index is 15.3. The first-order chi connectivity index (χ1) is 31.7. The zero-order valence-electron chi connectivity index (χ0n) is 35.3. The number of aromatic nitrogens is 3. The number of primary amides is 1. The minimum absolute atomic E-state index is 0.132. The topological polar surface area (TPSA) is 347 Å². The summed E-state index contributed by atoms with van der Waals surface area (Å²) < 4.78 is 0. The number of hydrogen-bond acceptors (Lipinski definition) is 11. The third-order valence-corrected chi connectivity index (χ3v) is 12.3. The molecule has 1 unspecified atom stereocenters. The second-order valence-electron chi connectivity index (χ2n) is 16.5. The number of nitrogens with two attached hydrogens (primary N) is 3. The van der Waals surface area contributed by atoms with E-state index < -0.39 is 108 Å². The Kier molecular flexibility index (Phi) is 12.5. The summed E-state index contributed by atoms with van der Waals surface area (Å²) in [5.41, 5.74) is 17.2. The summed E-state index contributed by atoms with van der Waals surface area (Å²) in [6, 6.07) is 9.56. The molecule has 3 saturated heterocycles. The van der Waals surface area contributed by atoms with Crippen molar-refractivity contribution < 1.29 is 38.4 Å². The van der Waals surface area contributed by atoms with Gasteiger partial charge in [0.15, 0.2) is 11.7 Å². The number of benzene rings is 3. The number of Topliss-reactive ketones (excluding diaryl/α,β-unsaturated/α-hetero) is 1. The average Bonchev–Trinajstić information content (AvgIpc) is 4.03. The van der Waals surface area contributed by atoms with E-state index >= 15 is 14.4 Å².